The van der Waals surface area contributed by atoms with Crippen LogP contribution >= 0.6 is 0 Å². The molecule has 1 amide bonds. The third-order valence-corrected chi connectivity index (χ3v) is 5.12. The van der Waals surface area contributed by atoms with Gasteiger partial charge in [0.15, 0.2) is 0 Å². The van der Waals surface area contributed by atoms with Crippen LogP contribution in [-0.2, 0) is 20.9 Å². The van der Waals surface area contributed by atoms with Crippen LogP contribution in [0.1, 0.15) is 24.8 Å². The summed E-state index contributed by atoms with van der Waals surface area (Å²) in [5.41, 5.74) is 0.328. The number of carbonyl (C=O) groups is 3. The molecule has 2 aliphatic heterocycles. The second kappa shape index (κ2) is 9.41. The molecule has 2 fully saturated rings. The van der Waals surface area contributed by atoms with Gasteiger partial charge in [-0.05, 0) is 43.5 Å². The maximum atomic E-state index is 13.3. The van der Waals surface area contributed by atoms with E-state index in [2.05, 4.69) is 0 Å². The highest BCUT2D eigenvalue weighted by Gasteiger charge is 2.48. The van der Waals surface area contributed by atoms with Crippen molar-refractivity contribution in [3.63, 3.8) is 0 Å². The Bertz CT molecular complexity index is 801. The molecule has 11 heteroatoms. The standard InChI is InChI=1S/C17H21FN2O3.C2HF3O2/c18-14-4-1-3-13(9-14)10-20-8-6-17(16(20)23)5-2-7-19(12-17)11-15(21)22;3-2(4,5)1(6)7/h1,3-4,9H,2,5-8,10-12H2,(H,21,22);(H,6,7). The van der Waals surface area contributed by atoms with Crippen LogP contribution in [0.5, 0.6) is 0 Å². The fourth-order valence-corrected chi connectivity index (χ4v) is 3.83. The van der Waals surface area contributed by atoms with Gasteiger partial charge in [-0.2, -0.15) is 13.2 Å². The molecule has 2 saturated heterocycles. The van der Waals surface area contributed by atoms with Crippen molar-refractivity contribution in [1.29, 1.82) is 0 Å². The molecule has 1 aromatic carbocycles. The monoisotopic (exact) mass is 434 g/mol. The highest BCUT2D eigenvalue weighted by atomic mass is 19.4. The van der Waals surface area contributed by atoms with E-state index >= 15 is 0 Å². The zero-order valence-electron chi connectivity index (χ0n) is 16.0. The number of halogens is 4. The van der Waals surface area contributed by atoms with Gasteiger partial charge < -0.3 is 15.1 Å². The molecule has 166 valence electrons. The van der Waals surface area contributed by atoms with Gasteiger partial charge in [0, 0.05) is 19.6 Å². The van der Waals surface area contributed by atoms with Crippen LogP contribution in [0.2, 0.25) is 0 Å². The van der Waals surface area contributed by atoms with Crippen molar-refractivity contribution in [2.45, 2.75) is 32.0 Å². The summed E-state index contributed by atoms with van der Waals surface area (Å²) in [5.74, 6) is -3.83. The Morgan fingerprint density at radius 3 is 2.37 bits per heavy atom. The van der Waals surface area contributed by atoms with Gasteiger partial charge in [-0.25, -0.2) is 9.18 Å². The van der Waals surface area contributed by atoms with E-state index in [0.717, 1.165) is 31.4 Å². The van der Waals surface area contributed by atoms with E-state index in [0.29, 0.717) is 19.6 Å². The summed E-state index contributed by atoms with van der Waals surface area (Å²) in [4.78, 5) is 36.3. The van der Waals surface area contributed by atoms with Crippen molar-refractivity contribution < 1.29 is 42.2 Å². The quantitative estimate of drug-likeness (QED) is 0.707. The number of hydrogen-bond donors (Lipinski definition) is 2. The summed E-state index contributed by atoms with van der Waals surface area (Å²) >= 11 is 0. The van der Waals surface area contributed by atoms with Crippen LogP contribution in [-0.4, -0.2) is 70.2 Å². The summed E-state index contributed by atoms with van der Waals surface area (Å²) in [7, 11) is 0. The van der Waals surface area contributed by atoms with E-state index < -0.39 is 23.5 Å². The molecule has 0 aliphatic carbocycles. The number of carboxylic acids is 2. The lowest BCUT2D eigenvalue weighted by Gasteiger charge is -2.38. The van der Waals surface area contributed by atoms with E-state index in [-0.39, 0.29) is 18.3 Å². The molecule has 1 atom stereocenters. The zero-order valence-corrected chi connectivity index (χ0v) is 16.0. The van der Waals surface area contributed by atoms with Gasteiger partial charge in [-0.3, -0.25) is 14.5 Å². The third kappa shape index (κ3) is 6.15. The molecule has 0 bridgehead atoms. The molecule has 2 aliphatic rings. The van der Waals surface area contributed by atoms with E-state index in [1.807, 2.05) is 11.0 Å². The Kier molecular flexibility index (Phi) is 7.40. The second-order valence-electron chi connectivity index (χ2n) is 7.40. The number of benzene rings is 1. The Morgan fingerprint density at radius 1 is 1.13 bits per heavy atom. The van der Waals surface area contributed by atoms with E-state index in [1.165, 1.54) is 12.1 Å². The molecular formula is C19H22F4N2O5. The van der Waals surface area contributed by atoms with Crippen molar-refractivity contribution in [2.24, 2.45) is 5.41 Å². The van der Waals surface area contributed by atoms with Crippen molar-refractivity contribution in [1.82, 2.24) is 9.80 Å². The Balaban J connectivity index is 0.000000396. The van der Waals surface area contributed by atoms with Gasteiger partial charge in [0.1, 0.15) is 5.82 Å². The number of likely N-dealkylation sites (tertiary alicyclic amines) is 2. The van der Waals surface area contributed by atoms with Gasteiger partial charge in [0.05, 0.1) is 12.0 Å². The third-order valence-electron chi connectivity index (χ3n) is 5.12. The van der Waals surface area contributed by atoms with Crippen LogP contribution in [0.4, 0.5) is 17.6 Å². The predicted molar refractivity (Wildman–Crippen MR) is 95.9 cm³/mol. The van der Waals surface area contributed by atoms with Gasteiger partial charge in [-0.15, -0.1) is 0 Å². The topological polar surface area (TPSA) is 98.1 Å². The second-order valence-corrected chi connectivity index (χ2v) is 7.40. The number of carboxylic acid groups (broad SMARTS) is 2. The first-order chi connectivity index (χ1) is 13.9. The first kappa shape index (κ1) is 23.6. The van der Waals surface area contributed by atoms with Crippen molar-refractivity contribution in [2.75, 3.05) is 26.2 Å². The maximum Gasteiger partial charge on any atom is 0.490 e. The Hall–Kier alpha value is -2.69. The molecule has 1 spiro atoms. The van der Waals surface area contributed by atoms with Crippen LogP contribution in [0.15, 0.2) is 24.3 Å². The van der Waals surface area contributed by atoms with Crippen LogP contribution < -0.4 is 0 Å². The molecule has 0 aromatic heterocycles. The fourth-order valence-electron chi connectivity index (χ4n) is 3.83. The minimum absolute atomic E-state index is 0.0150. The van der Waals surface area contributed by atoms with Crippen molar-refractivity contribution in [3.8, 4) is 0 Å². The highest BCUT2D eigenvalue weighted by molar-refractivity contribution is 5.85. The fraction of sp³-hybridized carbons (Fsp3) is 0.526. The molecular weight excluding hydrogens is 412 g/mol. The van der Waals surface area contributed by atoms with Gasteiger partial charge in [0.2, 0.25) is 5.91 Å². The van der Waals surface area contributed by atoms with Crippen LogP contribution in [0, 0.1) is 11.2 Å². The predicted octanol–water partition coefficient (Wildman–Crippen LogP) is 2.36. The first-order valence-corrected chi connectivity index (χ1v) is 9.21. The number of piperidine rings is 1. The Morgan fingerprint density at radius 2 is 1.80 bits per heavy atom. The number of alkyl halides is 3. The summed E-state index contributed by atoms with van der Waals surface area (Å²) in [6, 6.07) is 6.31. The highest BCUT2D eigenvalue weighted by Crippen LogP contribution is 2.40. The lowest BCUT2D eigenvalue weighted by molar-refractivity contribution is -0.192. The lowest BCUT2D eigenvalue weighted by Crippen LogP contribution is -2.49. The molecule has 2 heterocycles. The zero-order chi connectivity index (χ0) is 22.5. The maximum absolute atomic E-state index is 13.3. The van der Waals surface area contributed by atoms with Gasteiger partial charge in [-0.1, -0.05) is 12.1 Å². The molecule has 2 N–H and O–H groups in total. The molecule has 0 radical (unpaired) electrons. The minimum Gasteiger partial charge on any atom is -0.480 e. The average Bonchev–Trinajstić information content (AvgIpc) is 2.90. The number of aliphatic carboxylic acids is 2. The van der Waals surface area contributed by atoms with Crippen LogP contribution in [0.25, 0.3) is 0 Å². The molecule has 1 aromatic rings. The number of amides is 1. The Labute approximate surface area is 169 Å². The molecule has 3 rings (SSSR count). The number of hydrogen-bond acceptors (Lipinski definition) is 4. The summed E-state index contributed by atoms with van der Waals surface area (Å²) in [6.45, 7) is 2.29. The van der Waals surface area contributed by atoms with Gasteiger partial charge >= 0.3 is 18.1 Å². The summed E-state index contributed by atoms with van der Waals surface area (Å²) < 4.78 is 45.0. The largest absolute Gasteiger partial charge is 0.490 e. The molecule has 0 saturated carbocycles. The van der Waals surface area contributed by atoms with E-state index in [1.54, 1.807) is 11.0 Å². The molecule has 7 nitrogen and oxygen atoms in total. The van der Waals surface area contributed by atoms with Gasteiger partial charge in [0.25, 0.3) is 0 Å². The molecule has 1 unspecified atom stereocenters. The van der Waals surface area contributed by atoms with Crippen molar-refractivity contribution >= 4 is 17.8 Å². The smallest absolute Gasteiger partial charge is 0.480 e. The summed E-state index contributed by atoms with van der Waals surface area (Å²) in [6.07, 6.45) is -2.69. The van der Waals surface area contributed by atoms with Crippen LogP contribution in [0.3, 0.4) is 0 Å². The first-order valence-electron chi connectivity index (χ1n) is 9.21. The van der Waals surface area contributed by atoms with Crippen molar-refractivity contribution in [3.05, 3.63) is 35.6 Å². The van der Waals surface area contributed by atoms with E-state index in [4.69, 9.17) is 15.0 Å². The summed E-state index contributed by atoms with van der Waals surface area (Å²) in [5, 5.41) is 16.1. The lowest BCUT2D eigenvalue weighted by atomic mass is 9.78. The van der Waals surface area contributed by atoms with E-state index in [9.17, 15) is 27.2 Å². The normalized spacial score (nSPS) is 22.0. The number of carbonyl (C=O) groups excluding carboxylic acids is 1. The number of rotatable bonds is 4. The average molecular weight is 434 g/mol. The number of nitrogens with zero attached hydrogens (tertiary/aromatic N) is 2. The molecule has 30 heavy (non-hydrogen) atoms. The minimum atomic E-state index is -5.08. The SMILES string of the molecule is O=C(O)C(F)(F)F.O=C(O)CN1CCCC2(CCN(Cc3cccc(F)c3)C2=O)C1.